The van der Waals surface area contributed by atoms with Crippen LogP contribution in [0.1, 0.15) is 10.8 Å². The average molecular weight is 243 g/mol. The third-order valence-electron chi connectivity index (χ3n) is 1.99. The van der Waals surface area contributed by atoms with Gasteiger partial charge in [0.2, 0.25) is 0 Å². The molecule has 0 saturated carbocycles. The summed E-state index contributed by atoms with van der Waals surface area (Å²) in [6, 6.07) is 4.36. The lowest BCUT2D eigenvalue weighted by atomic mass is 10.1. The molecule has 0 aromatic heterocycles. The van der Waals surface area contributed by atoms with E-state index >= 15 is 0 Å². The highest BCUT2D eigenvalue weighted by molar-refractivity contribution is 8.00. The van der Waals surface area contributed by atoms with Crippen LogP contribution in [0.4, 0.5) is 0 Å². The van der Waals surface area contributed by atoms with Gasteiger partial charge < -0.3 is 21.1 Å². The van der Waals surface area contributed by atoms with Crippen molar-refractivity contribution < 1.29 is 20.1 Å². The molecule has 1 aromatic rings. The van der Waals surface area contributed by atoms with Gasteiger partial charge in [-0.25, -0.2) is 0 Å². The van der Waals surface area contributed by atoms with E-state index in [1.165, 1.54) is 23.9 Å². The molecule has 0 fully saturated rings. The lowest BCUT2D eigenvalue weighted by molar-refractivity contribution is -0.133. The molecule has 0 radical (unpaired) electrons. The minimum absolute atomic E-state index is 0.0521. The number of aromatic hydroxyl groups is 2. The minimum Gasteiger partial charge on any atom is -0.504 e. The minimum atomic E-state index is -0.911. The Labute approximate surface area is 96.9 Å². The van der Waals surface area contributed by atoms with Crippen LogP contribution in [0, 0.1) is 0 Å². The zero-order chi connectivity index (χ0) is 12.1. The number of rotatable bonds is 5. The van der Waals surface area contributed by atoms with Gasteiger partial charge in [0, 0.05) is 11.8 Å². The van der Waals surface area contributed by atoms with Crippen LogP contribution in [-0.4, -0.2) is 33.6 Å². The molecule has 0 heterocycles. The highest BCUT2D eigenvalue weighted by atomic mass is 32.2. The van der Waals surface area contributed by atoms with Gasteiger partial charge in [-0.3, -0.25) is 4.79 Å². The lowest BCUT2D eigenvalue weighted by Crippen LogP contribution is -2.12. The maximum atomic E-state index is 10.4. The second kappa shape index (κ2) is 5.62. The lowest BCUT2D eigenvalue weighted by Gasteiger charge is -2.14. The van der Waals surface area contributed by atoms with Crippen LogP contribution < -0.4 is 5.73 Å². The van der Waals surface area contributed by atoms with Crippen molar-refractivity contribution in [3.05, 3.63) is 23.8 Å². The van der Waals surface area contributed by atoms with Crippen LogP contribution in [0.15, 0.2) is 18.2 Å². The van der Waals surface area contributed by atoms with Gasteiger partial charge in [0.25, 0.3) is 0 Å². The second-order valence-corrected chi connectivity index (χ2v) is 4.37. The summed E-state index contributed by atoms with van der Waals surface area (Å²) in [5, 5.41) is 26.8. The van der Waals surface area contributed by atoms with Crippen LogP contribution in [0.25, 0.3) is 0 Å². The quantitative estimate of drug-likeness (QED) is 0.573. The standard InChI is InChI=1S/C10H13NO4S/c11-4-9(16-5-10(14)15)6-1-2-7(12)8(13)3-6/h1-3,9,12-13H,4-5,11H2,(H,14,15). The number of benzene rings is 1. The fourth-order valence-electron chi connectivity index (χ4n) is 1.21. The third kappa shape index (κ3) is 3.32. The Bertz CT molecular complexity index is 383. The molecule has 0 spiro atoms. The number of aliphatic carboxylic acids is 1. The Kier molecular flexibility index (Phi) is 4.45. The molecule has 5 nitrogen and oxygen atoms in total. The van der Waals surface area contributed by atoms with Gasteiger partial charge in [-0.2, -0.15) is 0 Å². The maximum Gasteiger partial charge on any atom is 0.313 e. The van der Waals surface area contributed by atoms with Crippen molar-refractivity contribution in [1.29, 1.82) is 0 Å². The number of carboxylic acid groups (broad SMARTS) is 1. The van der Waals surface area contributed by atoms with Crippen molar-refractivity contribution in [2.75, 3.05) is 12.3 Å². The summed E-state index contributed by atoms with van der Waals surface area (Å²) in [4.78, 5) is 10.4. The first kappa shape index (κ1) is 12.7. The number of thioether (sulfide) groups is 1. The summed E-state index contributed by atoms with van der Waals surface area (Å²) in [7, 11) is 0. The smallest absolute Gasteiger partial charge is 0.313 e. The molecule has 0 aliphatic rings. The molecule has 5 N–H and O–H groups in total. The highest BCUT2D eigenvalue weighted by Crippen LogP contribution is 2.33. The molecule has 1 aromatic carbocycles. The predicted molar refractivity (Wildman–Crippen MR) is 61.7 cm³/mol. The largest absolute Gasteiger partial charge is 0.504 e. The number of carbonyl (C=O) groups is 1. The molecule has 0 aliphatic heterocycles. The van der Waals surface area contributed by atoms with Crippen molar-refractivity contribution >= 4 is 17.7 Å². The summed E-state index contributed by atoms with van der Waals surface area (Å²) < 4.78 is 0. The molecule has 88 valence electrons. The van der Waals surface area contributed by atoms with E-state index in [4.69, 9.17) is 15.9 Å². The van der Waals surface area contributed by atoms with Crippen molar-refractivity contribution in [1.82, 2.24) is 0 Å². The molecule has 1 atom stereocenters. The van der Waals surface area contributed by atoms with Gasteiger partial charge in [0.05, 0.1) is 5.75 Å². The van der Waals surface area contributed by atoms with Crippen LogP contribution in [0.2, 0.25) is 0 Å². The van der Waals surface area contributed by atoms with Gasteiger partial charge in [-0.1, -0.05) is 6.07 Å². The monoisotopic (exact) mass is 243 g/mol. The van der Waals surface area contributed by atoms with Gasteiger partial charge in [-0.05, 0) is 17.7 Å². The van der Waals surface area contributed by atoms with Crippen molar-refractivity contribution in [2.45, 2.75) is 5.25 Å². The normalized spacial score (nSPS) is 12.3. The Hall–Kier alpha value is -1.40. The Morgan fingerprint density at radius 2 is 2.06 bits per heavy atom. The van der Waals surface area contributed by atoms with Crippen molar-refractivity contribution in [3.8, 4) is 11.5 Å². The molecule has 0 amide bonds. The summed E-state index contributed by atoms with van der Waals surface area (Å²) in [5.41, 5.74) is 6.22. The van der Waals surface area contributed by atoms with Crippen molar-refractivity contribution in [2.24, 2.45) is 5.73 Å². The molecule has 1 rings (SSSR count). The fourth-order valence-corrected chi connectivity index (χ4v) is 2.03. The van der Waals surface area contributed by atoms with E-state index in [1.54, 1.807) is 6.07 Å². The number of hydrogen-bond donors (Lipinski definition) is 4. The predicted octanol–water partition coefficient (Wildman–Crippen LogP) is 0.915. The van der Waals surface area contributed by atoms with Crippen LogP contribution in [0.3, 0.4) is 0 Å². The first-order valence-corrected chi connectivity index (χ1v) is 5.64. The molecule has 6 heteroatoms. The number of phenols is 2. The fraction of sp³-hybridized carbons (Fsp3) is 0.300. The maximum absolute atomic E-state index is 10.4. The summed E-state index contributed by atoms with van der Waals surface area (Å²) >= 11 is 1.18. The van der Waals surface area contributed by atoms with E-state index in [9.17, 15) is 9.90 Å². The Balaban J connectivity index is 2.78. The van der Waals surface area contributed by atoms with Crippen molar-refractivity contribution in [3.63, 3.8) is 0 Å². The molecule has 0 saturated heterocycles. The third-order valence-corrected chi connectivity index (χ3v) is 3.27. The summed E-state index contributed by atoms with van der Waals surface area (Å²) in [6.45, 7) is 0.266. The van der Waals surface area contributed by atoms with Gasteiger partial charge in [0.1, 0.15) is 0 Å². The molecular weight excluding hydrogens is 230 g/mol. The summed E-state index contributed by atoms with van der Waals surface area (Å²) in [6.07, 6.45) is 0. The zero-order valence-electron chi connectivity index (χ0n) is 8.46. The van der Waals surface area contributed by atoms with E-state index in [1.807, 2.05) is 0 Å². The Morgan fingerprint density at radius 3 is 2.56 bits per heavy atom. The highest BCUT2D eigenvalue weighted by Gasteiger charge is 2.13. The molecule has 16 heavy (non-hydrogen) atoms. The second-order valence-electron chi connectivity index (χ2n) is 3.18. The topological polar surface area (TPSA) is 104 Å². The van der Waals surface area contributed by atoms with E-state index in [2.05, 4.69) is 0 Å². The van der Waals surface area contributed by atoms with E-state index in [0.29, 0.717) is 5.56 Å². The van der Waals surface area contributed by atoms with Crippen LogP contribution >= 0.6 is 11.8 Å². The summed E-state index contributed by atoms with van der Waals surface area (Å²) in [5.74, 6) is -1.40. The van der Waals surface area contributed by atoms with Crippen LogP contribution in [-0.2, 0) is 4.79 Å². The van der Waals surface area contributed by atoms with Crippen LogP contribution in [0.5, 0.6) is 11.5 Å². The van der Waals surface area contributed by atoms with E-state index in [0.717, 1.165) is 0 Å². The number of hydrogen-bond acceptors (Lipinski definition) is 5. The SMILES string of the molecule is NCC(SCC(=O)O)c1ccc(O)c(O)c1. The zero-order valence-corrected chi connectivity index (χ0v) is 9.28. The average Bonchev–Trinajstić information content (AvgIpc) is 2.23. The molecule has 0 bridgehead atoms. The molecule has 1 unspecified atom stereocenters. The molecule has 0 aliphatic carbocycles. The van der Waals surface area contributed by atoms with E-state index < -0.39 is 5.97 Å². The number of carboxylic acids is 1. The Morgan fingerprint density at radius 1 is 1.38 bits per heavy atom. The number of phenolic OH excluding ortho intramolecular Hbond substituents is 2. The van der Waals surface area contributed by atoms with E-state index in [-0.39, 0.29) is 29.0 Å². The van der Waals surface area contributed by atoms with Gasteiger partial charge >= 0.3 is 5.97 Å². The first-order valence-electron chi connectivity index (χ1n) is 4.60. The van der Waals surface area contributed by atoms with Gasteiger partial charge in [0.15, 0.2) is 11.5 Å². The first-order chi connectivity index (χ1) is 7.54. The number of nitrogens with two attached hydrogens (primary N) is 1. The van der Waals surface area contributed by atoms with Gasteiger partial charge in [-0.15, -0.1) is 11.8 Å². The molecular formula is C10H13NO4S.